The number of rotatable bonds is 6. The van der Waals surface area contributed by atoms with Gasteiger partial charge in [0.25, 0.3) is 0 Å². The molecule has 2 aromatic rings. The highest BCUT2D eigenvalue weighted by Gasteiger charge is 2.30. The Bertz CT molecular complexity index is 668. The maximum atomic E-state index is 11.6. The molecular weight excluding hydrogens is 304 g/mol. The van der Waals surface area contributed by atoms with Gasteiger partial charge in [-0.25, -0.2) is 0 Å². The third-order valence-corrected chi connectivity index (χ3v) is 4.85. The summed E-state index contributed by atoms with van der Waals surface area (Å²) >= 11 is 3.06. The van der Waals surface area contributed by atoms with Crippen molar-refractivity contribution in [1.29, 1.82) is 0 Å². The van der Waals surface area contributed by atoms with Gasteiger partial charge >= 0.3 is 0 Å². The highest BCUT2D eigenvalue weighted by atomic mass is 32.2. The Morgan fingerprint density at radius 2 is 2.43 bits per heavy atom. The van der Waals surface area contributed by atoms with Crippen LogP contribution >= 0.6 is 23.1 Å². The molecule has 1 N–H and O–H groups in total. The van der Waals surface area contributed by atoms with Gasteiger partial charge in [0.1, 0.15) is 0 Å². The average Bonchev–Trinajstić information content (AvgIpc) is 3.03. The molecule has 2 heterocycles. The predicted molar refractivity (Wildman–Crippen MR) is 84.2 cm³/mol. The summed E-state index contributed by atoms with van der Waals surface area (Å²) in [4.78, 5) is 12.7. The zero-order valence-corrected chi connectivity index (χ0v) is 12.9. The van der Waals surface area contributed by atoms with Gasteiger partial charge in [0, 0.05) is 6.04 Å². The fourth-order valence-corrected chi connectivity index (χ4v) is 3.48. The number of carbonyl (C=O) groups is 1. The van der Waals surface area contributed by atoms with E-state index in [1.54, 1.807) is 11.3 Å². The zero-order chi connectivity index (χ0) is 14.7. The fraction of sp³-hybridized carbons (Fsp3) is 0.357. The van der Waals surface area contributed by atoms with Crippen molar-refractivity contribution < 1.29 is 4.79 Å². The van der Waals surface area contributed by atoms with E-state index in [9.17, 15) is 4.79 Å². The Kier molecular flexibility index (Phi) is 4.27. The van der Waals surface area contributed by atoms with Crippen molar-refractivity contribution in [3.05, 3.63) is 17.5 Å². The third-order valence-electron chi connectivity index (χ3n) is 3.04. The van der Waals surface area contributed by atoms with Crippen molar-refractivity contribution in [3.63, 3.8) is 0 Å². The van der Waals surface area contributed by atoms with E-state index in [0.717, 1.165) is 28.7 Å². The average molecular weight is 318 g/mol. The lowest BCUT2D eigenvalue weighted by Gasteiger charge is -2.07. The molecule has 21 heavy (non-hydrogen) atoms. The second-order valence-corrected chi connectivity index (χ2v) is 6.54. The lowest BCUT2D eigenvalue weighted by molar-refractivity contribution is -0.118. The van der Waals surface area contributed by atoms with Crippen molar-refractivity contribution >= 4 is 29.0 Å². The van der Waals surface area contributed by atoms with Gasteiger partial charge in [0.05, 0.1) is 17.2 Å². The Morgan fingerprint density at radius 3 is 3.10 bits per heavy atom. The van der Waals surface area contributed by atoms with Gasteiger partial charge < -0.3 is 5.32 Å². The van der Waals surface area contributed by atoms with Gasteiger partial charge in [-0.3, -0.25) is 9.36 Å². The number of thioether (sulfide) groups is 1. The van der Waals surface area contributed by atoms with E-state index in [4.69, 9.17) is 6.42 Å². The summed E-state index contributed by atoms with van der Waals surface area (Å²) in [6.45, 7) is 0.259. The molecule has 0 unspecified atom stereocenters. The normalized spacial score (nSPS) is 13.9. The zero-order valence-electron chi connectivity index (χ0n) is 11.3. The van der Waals surface area contributed by atoms with Crippen molar-refractivity contribution in [2.24, 2.45) is 0 Å². The Hall–Kier alpha value is -1.78. The van der Waals surface area contributed by atoms with E-state index in [0.29, 0.717) is 11.8 Å². The number of hydrogen-bond donors (Lipinski definition) is 1. The number of nitrogens with zero attached hydrogens (tertiary/aromatic N) is 3. The number of hydrogen-bond acceptors (Lipinski definition) is 5. The molecule has 1 saturated carbocycles. The largest absolute Gasteiger partial charge is 0.344 e. The monoisotopic (exact) mass is 318 g/mol. The molecule has 1 aliphatic carbocycles. The molecule has 0 aliphatic heterocycles. The highest BCUT2D eigenvalue weighted by Crippen LogP contribution is 2.41. The highest BCUT2D eigenvalue weighted by molar-refractivity contribution is 7.99. The summed E-state index contributed by atoms with van der Waals surface area (Å²) < 4.78 is 2.16. The second-order valence-electron chi connectivity index (χ2n) is 4.65. The molecule has 0 bridgehead atoms. The summed E-state index contributed by atoms with van der Waals surface area (Å²) in [6, 6.07) is 4.52. The van der Waals surface area contributed by atoms with E-state index >= 15 is 0 Å². The first-order chi connectivity index (χ1) is 10.3. The summed E-state index contributed by atoms with van der Waals surface area (Å²) in [7, 11) is 0. The Labute approximate surface area is 131 Å². The molecule has 0 radical (unpaired) electrons. The molecule has 1 amide bonds. The number of nitrogens with one attached hydrogen (secondary N) is 1. The van der Waals surface area contributed by atoms with Crippen LogP contribution in [-0.2, 0) is 4.79 Å². The first-order valence-corrected chi connectivity index (χ1v) is 8.48. The van der Waals surface area contributed by atoms with E-state index in [-0.39, 0.29) is 12.5 Å². The van der Waals surface area contributed by atoms with Crippen LogP contribution in [0.5, 0.6) is 0 Å². The molecule has 7 heteroatoms. The molecular formula is C14H14N4OS2. The van der Waals surface area contributed by atoms with Crippen molar-refractivity contribution in [2.45, 2.75) is 24.0 Å². The van der Waals surface area contributed by atoms with Gasteiger partial charge in [-0.2, -0.15) is 0 Å². The second kappa shape index (κ2) is 6.33. The SMILES string of the molecule is C#CCNC(=O)CSc1nnc(-c2cccs2)n1C1CC1. The van der Waals surface area contributed by atoms with Crippen LogP contribution in [0.2, 0.25) is 0 Å². The maximum absolute atomic E-state index is 11.6. The van der Waals surface area contributed by atoms with Gasteiger partial charge in [-0.05, 0) is 24.3 Å². The molecule has 0 saturated heterocycles. The topological polar surface area (TPSA) is 59.8 Å². The number of aromatic nitrogens is 3. The molecule has 3 rings (SSSR count). The van der Waals surface area contributed by atoms with Crippen LogP contribution in [0.1, 0.15) is 18.9 Å². The molecule has 0 spiro atoms. The lowest BCUT2D eigenvalue weighted by Crippen LogP contribution is -2.25. The smallest absolute Gasteiger partial charge is 0.231 e. The minimum Gasteiger partial charge on any atom is -0.344 e. The lowest BCUT2D eigenvalue weighted by atomic mass is 10.4. The van der Waals surface area contributed by atoms with Crippen LogP contribution in [-0.4, -0.2) is 33.0 Å². The first-order valence-electron chi connectivity index (χ1n) is 6.61. The summed E-state index contributed by atoms with van der Waals surface area (Å²) in [5.74, 6) is 3.51. The molecule has 1 fully saturated rings. The number of amides is 1. The summed E-state index contributed by atoms with van der Waals surface area (Å²) in [6.07, 6.45) is 7.41. The Balaban J connectivity index is 1.74. The third kappa shape index (κ3) is 3.28. The van der Waals surface area contributed by atoms with Crippen LogP contribution in [0.3, 0.4) is 0 Å². The molecule has 0 atom stereocenters. The summed E-state index contributed by atoms with van der Waals surface area (Å²) in [5, 5.41) is 14.0. The quantitative estimate of drug-likeness (QED) is 0.655. The number of thiophene rings is 1. The van der Waals surface area contributed by atoms with E-state index in [1.165, 1.54) is 11.8 Å². The van der Waals surface area contributed by atoms with Crippen LogP contribution in [0.25, 0.3) is 10.7 Å². The molecule has 1 aliphatic rings. The number of terminal acetylenes is 1. The summed E-state index contributed by atoms with van der Waals surface area (Å²) in [5.41, 5.74) is 0. The van der Waals surface area contributed by atoms with Crippen molar-refractivity contribution in [2.75, 3.05) is 12.3 Å². The standard InChI is InChI=1S/C14H14N4OS2/c1-2-7-15-12(19)9-21-14-17-16-13(11-4-3-8-20-11)18(14)10-5-6-10/h1,3-4,8,10H,5-7,9H2,(H,15,19). The molecule has 0 aromatic carbocycles. The number of carbonyl (C=O) groups excluding carboxylic acids is 1. The van der Waals surface area contributed by atoms with Crippen molar-refractivity contribution in [1.82, 2.24) is 20.1 Å². The molecule has 5 nitrogen and oxygen atoms in total. The van der Waals surface area contributed by atoms with E-state index < -0.39 is 0 Å². The van der Waals surface area contributed by atoms with Crippen LogP contribution in [0, 0.1) is 12.3 Å². The van der Waals surface area contributed by atoms with Gasteiger partial charge in [0.15, 0.2) is 11.0 Å². The van der Waals surface area contributed by atoms with Gasteiger partial charge in [-0.1, -0.05) is 23.7 Å². The Morgan fingerprint density at radius 1 is 1.57 bits per heavy atom. The van der Waals surface area contributed by atoms with Crippen LogP contribution in [0.4, 0.5) is 0 Å². The minimum absolute atomic E-state index is 0.0824. The van der Waals surface area contributed by atoms with Crippen LogP contribution in [0.15, 0.2) is 22.7 Å². The van der Waals surface area contributed by atoms with E-state index in [1.807, 2.05) is 17.5 Å². The van der Waals surface area contributed by atoms with Gasteiger partial charge in [0.2, 0.25) is 5.91 Å². The maximum Gasteiger partial charge on any atom is 0.231 e. The van der Waals surface area contributed by atoms with Gasteiger partial charge in [-0.15, -0.1) is 28.0 Å². The fourth-order valence-electron chi connectivity index (χ4n) is 1.94. The van der Waals surface area contributed by atoms with E-state index in [2.05, 4.69) is 26.0 Å². The van der Waals surface area contributed by atoms with Crippen LogP contribution < -0.4 is 5.32 Å². The minimum atomic E-state index is -0.0824. The molecule has 108 valence electrons. The van der Waals surface area contributed by atoms with Crippen molar-refractivity contribution in [3.8, 4) is 23.0 Å². The molecule has 2 aromatic heterocycles. The predicted octanol–water partition coefficient (Wildman–Crippen LogP) is 2.18. The first kappa shape index (κ1) is 14.2.